The van der Waals surface area contributed by atoms with E-state index in [-0.39, 0.29) is 18.3 Å². The molecule has 2 N–H and O–H groups in total. The smallest absolute Gasteiger partial charge is 0.398 e. The van der Waals surface area contributed by atoms with Crippen LogP contribution in [0.25, 0.3) is 10.8 Å². The maximum atomic E-state index is 10.8. The molecule has 0 atom stereocenters. The molecule has 1 fully saturated rings. The van der Waals surface area contributed by atoms with Crippen LogP contribution in [-0.2, 0) is 0 Å². The van der Waals surface area contributed by atoms with Gasteiger partial charge < -0.3 is 20.0 Å². The van der Waals surface area contributed by atoms with Crippen molar-refractivity contribution in [2.45, 2.75) is 0 Å². The molecular weight excluding hydrogens is 430 g/mol. The molecule has 158 valence electrons. The summed E-state index contributed by atoms with van der Waals surface area (Å²) in [6, 6.07) is 10.9. The van der Waals surface area contributed by atoms with Crippen molar-refractivity contribution in [1.82, 2.24) is 10.2 Å². The molecular formula is C18H20ClN7O3S. The minimum atomic E-state index is -0.569. The molecule has 4 rings (SSSR count). The Hall–Kier alpha value is -3.18. The second-order valence-corrected chi connectivity index (χ2v) is 7.37. The second kappa shape index (κ2) is 9.09. The molecule has 0 saturated carbocycles. The van der Waals surface area contributed by atoms with Crippen LogP contribution in [0.15, 0.2) is 45.8 Å². The molecule has 2 aromatic heterocycles. The Bertz CT molecular complexity index is 1040. The van der Waals surface area contributed by atoms with Crippen molar-refractivity contribution >= 4 is 46.3 Å². The fourth-order valence-electron chi connectivity index (χ4n) is 3.11. The summed E-state index contributed by atoms with van der Waals surface area (Å²) < 4.78 is 5.21. The number of anilines is 2. The summed E-state index contributed by atoms with van der Waals surface area (Å²) in [6.45, 7) is 3.29. The average Bonchev–Trinajstić information content (AvgIpc) is 3.43. The Labute approximate surface area is 182 Å². The third kappa shape index (κ3) is 4.36. The molecule has 0 spiro atoms. The Morgan fingerprint density at radius 2 is 1.80 bits per heavy atom. The molecule has 0 bridgehead atoms. The number of furan rings is 1. The van der Waals surface area contributed by atoms with E-state index in [4.69, 9.17) is 10.2 Å². The molecule has 0 aliphatic carbocycles. The van der Waals surface area contributed by atoms with E-state index < -0.39 is 4.92 Å². The number of aromatic nitrogens is 2. The number of hydrogen-bond acceptors (Lipinski definition) is 9. The van der Waals surface area contributed by atoms with Gasteiger partial charge in [-0.1, -0.05) is 11.3 Å². The monoisotopic (exact) mass is 449 g/mol. The van der Waals surface area contributed by atoms with Crippen molar-refractivity contribution in [3.8, 4) is 10.8 Å². The number of nitrogens with two attached hydrogens (primary N) is 1. The number of aliphatic imine (C=N–C) groups is 1. The van der Waals surface area contributed by atoms with E-state index in [1.165, 1.54) is 17.4 Å². The molecule has 3 heterocycles. The van der Waals surface area contributed by atoms with Gasteiger partial charge in [-0.05, 0) is 30.3 Å². The molecule has 1 aromatic carbocycles. The zero-order valence-corrected chi connectivity index (χ0v) is 17.7. The summed E-state index contributed by atoms with van der Waals surface area (Å²) in [7, 11) is 1.68. The van der Waals surface area contributed by atoms with Crippen LogP contribution in [0, 0.1) is 10.1 Å². The van der Waals surface area contributed by atoms with Crippen LogP contribution in [0.2, 0.25) is 0 Å². The molecule has 1 aliphatic rings. The van der Waals surface area contributed by atoms with Gasteiger partial charge in [0.25, 0.3) is 0 Å². The maximum absolute atomic E-state index is 10.8. The highest BCUT2D eigenvalue weighted by Gasteiger charge is 2.22. The van der Waals surface area contributed by atoms with Gasteiger partial charge >= 0.3 is 5.88 Å². The standard InChI is InChI=1S/C18H19N7O3S.ClH/c1-20-16(19)12-2-4-13(5-3-12)23-8-10-24(11-9-23)18-22-21-17(29-18)14-6-7-15(28-14)25(26)27;/h2-7H,8-11H2,1H3,(H2,19,20);1H. The number of rotatable bonds is 5. The van der Waals surface area contributed by atoms with Gasteiger partial charge in [-0.2, -0.15) is 0 Å². The molecule has 10 nitrogen and oxygen atoms in total. The zero-order chi connectivity index (χ0) is 20.4. The minimum Gasteiger partial charge on any atom is -0.398 e. The number of halogens is 1. The summed E-state index contributed by atoms with van der Waals surface area (Å²) in [5, 5.41) is 20.4. The third-order valence-corrected chi connectivity index (χ3v) is 5.71. The van der Waals surface area contributed by atoms with Gasteiger partial charge in [0.15, 0.2) is 10.8 Å². The van der Waals surface area contributed by atoms with E-state index in [2.05, 4.69) is 37.1 Å². The number of piperazine rings is 1. The zero-order valence-electron chi connectivity index (χ0n) is 16.1. The first-order chi connectivity index (χ1) is 14.0. The van der Waals surface area contributed by atoms with Crippen LogP contribution in [0.3, 0.4) is 0 Å². The fraction of sp³-hybridized carbons (Fsp3) is 0.278. The predicted octanol–water partition coefficient (Wildman–Crippen LogP) is 2.79. The van der Waals surface area contributed by atoms with Gasteiger partial charge in [0, 0.05) is 44.5 Å². The van der Waals surface area contributed by atoms with Gasteiger partial charge in [-0.25, -0.2) is 0 Å². The molecule has 0 amide bonds. The predicted molar refractivity (Wildman–Crippen MR) is 119 cm³/mol. The maximum Gasteiger partial charge on any atom is 0.433 e. The summed E-state index contributed by atoms with van der Waals surface area (Å²) in [5.74, 6) is 0.577. The lowest BCUT2D eigenvalue weighted by atomic mass is 10.1. The molecule has 0 unspecified atom stereocenters. The van der Waals surface area contributed by atoms with Gasteiger partial charge in [0.1, 0.15) is 10.8 Å². The van der Waals surface area contributed by atoms with E-state index in [9.17, 15) is 10.1 Å². The fourth-order valence-corrected chi connectivity index (χ4v) is 3.97. The van der Waals surface area contributed by atoms with Crippen molar-refractivity contribution in [1.29, 1.82) is 0 Å². The van der Waals surface area contributed by atoms with E-state index in [1.807, 2.05) is 12.1 Å². The summed E-state index contributed by atoms with van der Waals surface area (Å²) in [5.41, 5.74) is 7.89. The van der Waals surface area contributed by atoms with Crippen molar-refractivity contribution in [3.05, 3.63) is 52.1 Å². The van der Waals surface area contributed by atoms with E-state index in [1.54, 1.807) is 13.1 Å². The van der Waals surface area contributed by atoms with Crippen LogP contribution >= 0.6 is 23.7 Å². The lowest BCUT2D eigenvalue weighted by molar-refractivity contribution is -0.401. The Morgan fingerprint density at radius 1 is 1.13 bits per heavy atom. The topological polar surface area (TPSA) is 127 Å². The van der Waals surface area contributed by atoms with E-state index in [0.717, 1.165) is 42.6 Å². The number of benzene rings is 1. The highest BCUT2D eigenvalue weighted by Crippen LogP contribution is 2.32. The lowest BCUT2D eigenvalue weighted by Crippen LogP contribution is -2.46. The van der Waals surface area contributed by atoms with Crippen LogP contribution in [0.5, 0.6) is 0 Å². The number of nitrogens with zero attached hydrogens (tertiary/aromatic N) is 6. The SMILES string of the molecule is CN=C(N)c1ccc(N2CCN(c3nnc(-c4ccc([N+](=O)[O-])o4)s3)CC2)cc1.Cl. The van der Waals surface area contributed by atoms with E-state index in [0.29, 0.717) is 16.6 Å². The van der Waals surface area contributed by atoms with Crippen LogP contribution in [0.1, 0.15) is 5.56 Å². The number of amidine groups is 1. The molecule has 1 saturated heterocycles. The highest BCUT2D eigenvalue weighted by atomic mass is 35.5. The molecule has 0 radical (unpaired) electrons. The van der Waals surface area contributed by atoms with Gasteiger partial charge in [0.2, 0.25) is 5.13 Å². The van der Waals surface area contributed by atoms with Gasteiger partial charge in [-0.15, -0.1) is 22.6 Å². The van der Waals surface area contributed by atoms with Gasteiger partial charge in [-0.3, -0.25) is 15.1 Å². The summed E-state index contributed by atoms with van der Waals surface area (Å²) in [4.78, 5) is 18.7. The Morgan fingerprint density at radius 3 is 2.40 bits per heavy atom. The largest absolute Gasteiger partial charge is 0.433 e. The van der Waals surface area contributed by atoms with Crippen LogP contribution < -0.4 is 15.5 Å². The van der Waals surface area contributed by atoms with Crippen LogP contribution in [-0.4, -0.2) is 54.2 Å². The number of hydrogen-bond donors (Lipinski definition) is 1. The minimum absolute atomic E-state index is 0. The Balaban J connectivity index is 0.00000256. The molecule has 12 heteroatoms. The first-order valence-electron chi connectivity index (χ1n) is 8.96. The summed E-state index contributed by atoms with van der Waals surface area (Å²) >= 11 is 1.36. The van der Waals surface area contributed by atoms with Crippen molar-refractivity contribution in [2.24, 2.45) is 10.7 Å². The average molecular weight is 450 g/mol. The van der Waals surface area contributed by atoms with Crippen molar-refractivity contribution in [3.63, 3.8) is 0 Å². The molecule has 1 aliphatic heterocycles. The lowest BCUT2D eigenvalue weighted by Gasteiger charge is -2.35. The van der Waals surface area contributed by atoms with Crippen LogP contribution in [0.4, 0.5) is 16.7 Å². The molecule has 3 aromatic rings. The normalized spacial score (nSPS) is 14.5. The first kappa shape index (κ1) is 21.5. The molecule has 30 heavy (non-hydrogen) atoms. The van der Waals surface area contributed by atoms with Gasteiger partial charge in [0.05, 0.1) is 6.07 Å². The van der Waals surface area contributed by atoms with Crippen molar-refractivity contribution in [2.75, 3.05) is 43.0 Å². The third-order valence-electron chi connectivity index (χ3n) is 4.72. The summed E-state index contributed by atoms with van der Waals surface area (Å²) in [6.07, 6.45) is 0. The quantitative estimate of drug-likeness (QED) is 0.272. The first-order valence-corrected chi connectivity index (χ1v) is 9.77. The highest BCUT2D eigenvalue weighted by molar-refractivity contribution is 7.18. The Kier molecular flexibility index (Phi) is 6.53. The van der Waals surface area contributed by atoms with E-state index >= 15 is 0 Å². The second-order valence-electron chi connectivity index (χ2n) is 6.41. The van der Waals surface area contributed by atoms with Crippen molar-refractivity contribution < 1.29 is 9.34 Å². The number of nitro groups is 1.